The third-order valence-corrected chi connectivity index (χ3v) is 5.29. The number of nitrogens with one attached hydrogen (secondary N) is 1. The Morgan fingerprint density at radius 3 is 3.13 bits per heavy atom. The molecule has 4 N–H and O–H groups in total. The van der Waals surface area contributed by atoms with E-state index in [9.17, 15) is 4.89 Å². The highest BCUT2D eigenvalue weighted by Crippen LogP contribution is 2.52. The first-order valence-electron chi connectivity index (χ1n) is 7.07. The standard InChI is InChI=1S/C12H18N5O4PS/c1-19-22(2,18)20-5-7-3-4-8(21-7)17-6-14-9-10(17)15-12(13)16-11(9)23/h6-8,18H,3-5H2,1-2H3,(H2-,13,15,16,23)/p+1. The number of nitrogens with zero attached hydrogens (tertiary/aromatic N) is 3. The van der Waals surface area contributed by atoms with Gasteiger partial charge in [0.2, 0.25) is 0 Å². The molecule has 1 aliphatic heterocycles. The van der Waals surface area contributed by atoms with Gasteiger partial charge >= 0.3 is 7.94 Å². The van der Waals surface area contributed by atoms with Crippen LogP contribution in [0.3, 0.4) is 0 Å². The largest absolute Gasteiger partial charge is 0.405 e. The van der Waals surface area contributed by atoms with Gasteiger partial charge in [-0.05, 0) is 12.8 Å². The first-order chi connectivity index (χ1) is 10.9. The zero-order chi connectivity index (χ0) is 16.6. The third kappa shape index (κ3) is 3.52. The molecule has 11 heteroatoms. The minimum absolute atomic E-state index is 0.124. The fourth-order valence-corrected chi connectivity index (χ4v) is 3.26. The summed E-state index contributed by atoms with van der Waals surface area (Å²) in [5.41, 5.74) is 6.99. The predicted octanol–water partition coefficient (Wildman–Crippen LogP) is 1.80. The highest BCUT2D eigenvalue weighted by Gasteiger charge is 2.36. The molecule has 2 aromatic rings. The van der Waals surface area contributed by atoms with Gasteiger partial charge < -0.3 is 15.5 Å². The van der Waals surface area contributed by atoms with Crippen molar-refractivity contribution in [3.8, 4) is 0 Å². The van der Waals surface area contributed by atoms with Crippen LogP contribution < -0.4 is 5.73 Å². The molecule has 0 amide bonds. The van der Waals surface area contributed by atoms with Crippen molar-refractivity contribution in [1.82, 2.24) is 19.5 Å². The number of ether oxygens (including phenoxy) is 1. The van der Waals surface area contributed by atoms with Gasteiger partial charge in [0.1, 0.15) is 30.7 Å². The van der Waals surface area contributed by atoms with E-state index in [2.05, 4.69) is 15.0 Å². The Balaban J connectivity index is 1.73. The van der Waals surface area contributed by atoms with Crippen LogP contribution in [0.25, 0.3) is 11.2 Å². The number of aromatic nitrogens is 4. The third-order valence-electron chi connectivity index (χ3n) is 3.70. The number of imidazole rings is 1. The van der Waals surface area contributed by atoms with E-state index >= 15 is 0 Å². The van der Waals surface area contributed by atoms with E-state index in [4.69, 9.17) is 31.7 Å². The van der Waals surface area contributed by atoms with Gasteiger partial charge in [0.25, 0.3) is 0 Å². The minimum atomic E-state index is -2.75. The number of hydrogen-bond acceptors (Lipinski definition) is 8. The number of anilines is 1. The number of nitrogens with two attached hydrogens (primary N) is 1. The number of nitrogen functional groups attached to an aromatic ring is 1. The van der Waals surface area contributed by atoms with Gasteiger partial charge in [-0.1, -0.05) is 12.2 Å². The van der Waals surface area contributed by atoms with E-state index in [-0.39, 0.29) is 24.9 Å². The highest BCUT2D eigenvalue weighted by atomic mass is 32.1. The molecular weight excluding hydrogens is 341 g/mol. The number of hydrogen-bond donors (Lipinski definition) is 3. The number of H-pyrrole nitrogens is 1. The molecule has 3 rings (SSSR count). The maximum absolute atomic E-state index is 9.79. The van der Waals surface area contributed by atoms with Gasteiger partial charge in [-0.2, -0.15) is 13.9 Å². The van der Waals surface area contributed by atoms with Crippen molar-refractivity contribution < 1.29 is 18.7 Å². The van der Waals surface area contributed by atoms with Crippen molar-refractivity contribution in [3.05, 3.63) is 11.0 Å². The van der Waals surface area contributed by atoms with Crippen LogP contribution in [-0.4, -0.2) is 50.9 Å². The molecule has 0 aromatic carbocycles. The summed E-state index contributed by atoms with van der Waals surface area (Å²) in [4.78, 5) is 21.0. The molecule has 0 spiro atoms. The average molecular weight is 360 g/mol. The molecule has 3 atom stereocenters. The van der Waals surface area contributed by atoms with Crippen LogP contribution >= 0.6 is 20.2 Å². The van der Waals surface area contributed by atoms with Crippen LogP contribution in [0.2, 0.25) is 0 Å². The Hall–Kier alpha value is -1.16. The van der Waals surface area contributed by atoms with Gasteiger partial charge in [0.05, 0.1) is 19.5 Å². The van der Waals surface area contributed by atoms with Crippen LogP contribution in [0.15, 0.2) is 6.33 Å². The fourth-order valence-electron chi connectivity index (χ4n) is 2.46. The summed E-state index contributed by atoms with van der Waals surface area (Å²) in [6, 6.07) is 0. The van der Waals surface area contributed by atoms with Crippen molar-refractivity contribution in [3.63, 3.8) is 0 Å². The quantitative estimate of drug-likeness (QED) is 0.545. The summed E-state index contributed by atoms with van der Waals surface area (Å²) in [6.07, 6.45) is 2.92. The van der Waals surface area contributed by atoms with E-state index in [1.54, 1.807) is 13.0 Å². The summed E-state index contributed by atoms with van der Waals surface area (Å²) in [5, 5.41) is 0. The van der Waals surface area contributed by atoms with Gasteiger partial charge in [-0.3, -0.25) is 4.57 Å². The maximum Gasteiger partial charge on any atom is 0.405 e. The summed E-state index contributed by atoms with van der Waals surface area (Å²) < 4.78 is 18.5. The van der Waals surface area contributed by atoms with Crippen molar-refractivity contribution in [2.75, 3.05) is 26.1 Å². The molecule has 3 unspecified atom stereocenters. The Kier molecular flexibility index (Phi) is 4.63. The lowest BCUT2D eigenvalue weighted by atomic mass is 10.2. The molecule has 0 radical (unpaired) electrons. The van der Waals surface area contributed by atoms with Gasteiger partial charge in [-0.25, -0.2) is 9.97 Å². The maximum atomic E-state index is 9.79. The first-order valence-corrected chi connectivity index (χ1v) is 9.50. The van der Waals surface area contributed by atoms with Crippen LogP contribution in [0, 0.1) is 4.64 Å². The number of aromatic amines is 1. The Bertz CT molecular complexity index is 763. The zero-order valence-electron chi connectivity index (χ0n) is 12.8. The molecule has 2 aromatic heterocycles. The molecule has 1 fully saturated rings. The number of fused-ring (bicyclic) bond motifs is 1. The number of rotatable bonds is 5. The topological polar surface area (TPSA) is 120 Å². The smallest absolute Gasteiger partial charge is 0.369 e. The Labute approximate surface area is 138 Å². The van der Waals surface area contributed by atoms with Crippen LogP contribution in [0.4, 0.5) is 5.95 Å². The molecule has 23 heavy (non-hydrogen) atoms. The van der Waals surface area contributed by atoms with Crippen molar-refractivity contribution in [2.45, 2.75) is 25.2 Å². The SMILES string of the molecule is CO[P+](C)(O)OCC1CCC(n2cnc3c(=S)nc(N)[nH]c32)O1. The molecule has 3 heterocycles. The average Bonchev–Trinajstić information content (AvgIpc) is 3.11. The minimum Gasteiger partial charge on any atom is -0.369 e. The lowest BCUT2D eigenvalue weighted by Crippen LogP contribution is -2.17. The van der Waals surface area contributed by atoms with Gasteiger partial charge in [0.15, 0.2) is 10.6 Å². The molecule has 0 aliphatic carbocycles. The lowest BCUT2D eigenvalue weighted by molar-refractivity contribution is -0.0196. The van der Waals surface area contributed by atoms with Crippen LogP contribution in [-0.2, 0) is 13.8 Å². The van der Waals surface area contributed by atoms with E-state index in [1.165, 1.54) is 7.11 Å². The van der Waals surface area contributed by atoms with Gasteiger partial charge in [0, 0.05) is 0 Å². The Morgan fingerprint density at radius 2 is 2.39 bits per heavy atom. The van der Waals surface area contributed by atoms with Gasteiger partial charge in [-0.15, -0.1) is 0 Å². The molecule has 1 aliphatic rings. The van der Waals surface area contributed by atoms with Crippen molar-refractivity contribution >= 4 is 37.3 Å². The molecule has 126 valence electrons. The van der Waals surface area contributed by atoms with E-state index in [0.29, 0.717) is 15.8 Å². The second-order valence-electron chi connectivity index (χ2n) is 5.35. The predicted molar refractivity (Wildman–Crippen MR) is 88.3 cm³/mol. The Morgan fingerprint density at radius 1 is 1.61 bits per heavy atom. The summed E-state index contributed by atoms with van der Waals surface area (Å²) in [6.45, 7) is 1.82. The lowest BCUT2D eigenvalue weighted by Gasteiger charge is -2.16. The molecule has 1 saturated heterocycles. The normalized spacial score (nSPS) is 24.1. The molecule has 0 bridgehead atoms. The molecule has 0 saturated carbocycles. The second-order valence-corrected chi connectivity index (χ2v) is 7.96. The first kappa shape index (κ1) is 16.7. The fraction of sp³-hybridized carbons (Fsp3) is 0.583. The second kappa shape index (κ2) is 6.39. The van der Waals surface area contributed by atoms with Crippen molar-refractivity contribution in [1.29, 1.82) is 0 Å². The summed E-state index contributed by atoms with van der Waals surface area (Å²) in [7, 11) is -1.33. The summed E-state index contributed by atoms with van der Waals surface area (Å²) >= 11 is 5.16. The van der Waals surface area contributed by atoms with E-state index in [1.807, 2.05) is 4.57 Å². The summed E-state index contributed by atoms with van der Waals surface area (Å²) in [5.74, 6) is 0.239. The highest BCUT2D eigenvalue weighted by molar-refractivity contribution is 7.71. The van der Waals surface area contributed by atoms with Crippen molar-refractivity contribution in [2.24, 2.45) is 0 Å². The zero-order valence-corrected chi connectivity index (χ0v) is 14.5. The molecular formula is C12H19N5O4PS+. The van der Waals surface area contributed by atoms with Crippen LogP contribution in [0.1, 0.15) is 19.1 Å². The van der Waals surface area contributed by atoms with E-state index in [0.717, 1.165) is 12.8 Å². The monoisotopic (exact) mass is 360 g/mol. The molecule has 9 nitrogen and oxygen atoms in total. The van der Waals surface area contributed by atoms with E-state index < -0.39 is 7.94 Å². The van der Waals surface area contributed by atoms with Crippen LogP contribution in [0.5, 0.6) is 0 Å².